The van der Waals surface area contributed by atoms with Gasteiger partial charge in [-0.1, -0.05) is 50.1 Å². The van der Waals surface area contributed by atoms with Gasteiger partial charge in [-0.3, -0.25) is 0 Å². The molecule has 0 unspecified atom stereocenters. The van der Waals surface area contributed by atoms with E-state index >= 15 is 0 Å². The van der Waals surface area contributed by atoms with Crippen molar-refractivity contribution in [3.05, 3.63) is 54.4 Å². The number of carboxylic acids is 1. The Morgan fingerprint density at radius 3 is 2.32 bits per heavy atom. The minimum absolute atomic E-state index is 0.636. The molecule has 6 heteroatoms. The van der Waals surface area contributed by atoms with Crippen molar-refractivity contribution in [1.82, 2.24) is 9.97 Å². The first kappa shape index (κ1) is 24.5. The lowest BCUT2D eigenvalue weighted by Gasteiger charge is -2.07. The van der Waals surface area contributed by atoms with Crippen molar-refractivity contribution >= 4 is 5.97 Å². The highest BCUT2D eigenvalue weighted by Crippen LogP contribution is 2.18. The summed E-state index contributed by atoms with van der Waals surface area (Å²) in [5, 5.41) is 8.58. The molecule has 2 rings (SSSR count). The summed E-state index contributed by atoms with van der Waals surface area (Å²) in [6, 6.07) is 8.15. The van der Waals surface area contributed by atoms with Gasteiger partial charge in [-0.15, -0.1) is 0 Å². The van der Waals surface area contributed by atoms with Gasteiger partial charge in [0.05, 0.1) is 19.0 Å². The fourth-order valence-corrected chi connectivity index (χ4v) is 3.02. The number of aryl methyl sites for hydroxylation is 1. The maximum atomic E-state index is 10.4. The second-order valence-corrected chi connectivity index (χ2v) is 7.45. The van der Waals surface area contributed by atoms with Crippen LogP contribution in [-0.4, -0.2) is 40.9 Å². The lowest BCUT2D eigenvalue weighted by atomic mass is 10.1. The number of aliphatic carboxylic acids is 1. The SMILES string of the molecule is CCCCCOCCCCOc1cnc(-c2ccc(CCC/C=C/C(=O)O)cc2)nc1. The molecule has 1 aromatic heterocycles. The lowest BCUT2D eigenvalue weighted by molar-refractivity contribution is -0.131. The molecule has 1 heterocycles. The molecule has 0 saturated carbocycles. The van der Waals surface area contributed by atoms with Gasteiger partial charge in [-0.25, -0.2) is 14.8 Å². The highest BCUT2D eigenvalue weighted by molar-refractivity contribution is 5.79. The van der Waals surface area contributed by atoms with Gasteiger partial charge in [0.2, 0.25) is 0 Å². The Labute approximate surface area is 185 Å². The van der Waals surface area contributed by atoms with E-state index in [0.717, 1.165) is 57.3 Å². The van der Waals surface area contributed by atoms with Crippen molar-refractivity contribution in [2.45, 2.75) is 58.3 Å². The van der Waals surface area contributed by atoms with Gasteiger partial charge < -0.3 is 14.6 Å². The number of nitrogens with zero attached hydrogens (tertiary/aromatic N) is 2. The van der Waals surface area contributed by atoms with E-state index in [1.807, 2.05) is 12.1 Å². The van der Waals surface area contributed by atoms with Crippen LogP contribution in [0.5, 0.6) is 5.75 Å². The number of hydrogen-bond donors (Lipinski definition) is 1. The zero-order valence-electron chi connectivity index (χ0n) is 18.5. The van der Waals surface area contributed by atoms with E-state index in [0.29, 0.717) is 18.2 Å². The van der Waals surface area contributed by atoms with Crippen LogP contribution >= 0.6 is 0 Å². The molecule has 0 saturated heterocycles. The Morgan fingerprint density at radius 2 is 1.65 bits per heavy atom. The zero-order chi connectivity index (χ0) is 22.2. The molecular formula is C25H34N2O4. The number of aromatic nitrogens is 2. The van der Waals surface area contributed by atoms with Crippen LogP contribution in [0.25, 0.3) is 11.4 Å². The van der Waals surface area contributed by atoms with Crippen molar-refractivity contribution < 1.29 is 19.4 Å². The molecule has 0 amide bonds. The number of carbonyl (C=O) groups is 1. The second kappa shape index (κ2) is 15.1. The van der Waals surface area contributed by atoms with Crippen LogP contribution in [0.3, 0.4) is 0 Å². The van der Waals surface area contributed by atoms with E-state index in [-0.39, 0.29) is 0 Å². The average Bonchev–Trinajstić information content (AvgIpc) is 2.78. The molecule has 6 nitrogen and oxygen atoms in total. The first-order chi connectivity index (χ1) is 15.2. The lowest BCUT2D eigenvalue weighted by Crippen LogP contribution is -2.02. The summed E-state index contributed by atoms with van der Waals surface area (Å²) in [4.78, 5) is 19.3. The third kappa shape index (κ3) is 10.7. The Bertz CT molecular complexity index is 773. The third-order valence-corrected chi connectivity index (χ3v) is 4.78. The molecule has 1 N–H and O–H groups in total. The molecule has 0 atom stereocenters. The van der Waals surface area contributed by atoms with E-state index < -0.39 is 5.97 Å². The minimum atomic E-state index is -0.900. The van der Waals surface area contributed by atoms with E-state index in [1.54, 1.807) is 18.5 Å². The summed E-state index contributed by atoms with van der Waals surface area (Å²) in [6.45, 7) is 4.48. The number of benzene rings is 1. The Kier molecular flexibility index (Phi) is 12.0. The van der Waals surface area contributed by atoms with Gasteiger partial charge in [0.1, 0.15) is 0 Å². The van der Waals surface area contributed by atoms with Gasteiger partial charge in [0.25, 0.3) is 0 Å². The molecule has 0 spiro atoms. The third-order valence-electron chi connectivity index (χ3n) is 4.78. The summed E-state index contributed by atoms with van der Waals surface area (Å²) < 4.78 is 11.3. The van der Waals surface area contributed by atoms with Gasteiger partial charge in [-0.2, -0.15) is 0 Å². The Hall–Kier alpha value is -2.73. The van der Waals surface area contributed by atoms with Gasteiger partial charge >= 0.3 is 5.97 Å². The normalized spacial score (nSPS) is 11.1. The molecule has 0 aliphatic carbocycles. The Morgan fingerprint density at radius 1 is 0.968 bits per heavy atom. The number of carboxylic acid groups (broad SMARTS) is 1. The standard InChI is InChI=1S/C25H34N2O4/c1-2-3-7-16-30-17-8-9-18-31-23-19-26-25(27-20-23)22-14-12-21(13-15-22)10-5-4-6-11-24(28)29/h6,11-15,19-20H,2-5,7-10,16-18H2,1H3,(H,28,29)/b11-6+. The fourth-order valence-electron chi connectivity index (χ4n) is 3.02. The molecule has 1 aromatic carbocycles. The molecule has 2 aromatic rings. The van der Waals surface area contributed by atoms with Crippen molar-refractivity contribution in [1.29, 1.82) is 0 Å². The molecule has 0 aliphatic rings. The van der Waals surface area contributed by atoms with Crippen LogP contribution in [0.2, 0.25) is 0 Å². The summed E-state index contributed by atoms with van der Waals surface area (Å²) >= 11 is 0. The summed E-state index contributed by atoms with van der Waals surface area (Å²) in [5.41, 5.74) is 2.17. The largest absolute Gasteiger partial charge is 0.490 e. The number of ether oxygens (including phenoxy) is 2. The maximum absolute atomic E-state index is 10.4. The first-order valence-corrected chi connectivity index (χ1v) is 11.2. The first-order valence-electron chi connectivity index (χ1n) is 11.2. The minimum Gasteiger partial charge on any atom is -0.490 e. The molecule has 0 fully saturated rings. The van der Waals surface area contributed by atoms with Crippen LogP contribution in [0.1, 0.15) is 57.4 Å². The van der Waals surface area contributed by atoms with Crippen LogP contribution in [0.15, 0.2) is 48.8 Å². The molecule has 0 bridgehead atoms. The van der Waals surface area contributed by atoms with E-state index in [4.69, 9.17) is 14.6 Å². The number of rotatable bonds is 16. The average molecular weight is 427 g/mol. The summed E-state index contributed by atoms with van der Waals surface area (Å²) in [5.74, 6) is 0.450. The van der Waals surface area contributed by atoms with Gasteiger partial charge in [-0.05, 0) is 44.1 Å². The van der Waals surface area contributed by atoms with E-state index in [9.17, 15) is 4.79 Å². The second-order valence-electron chi connectivity index (χ2n) is 7.45. The van der Waals surface area contributed by atoms with Gasteiger partial charge in [0, 0.05) is 24.9 Å². The number of hydrogen-bond acceptors (Lipinski definition) is 5. The number of unbranched alkanes of at least 4 members (excludes halogenated alkanes) is 4. The molecule has 0 aliphatic heterocycles. The smallest absolute Gasteiger partial charge is 0.327 e. The Balaban J connectivity index is 1.66. The quantitative estimate of drug-likeness (QED) is 0.283. The van der Waals surface area contributed by atoms with Gasteiger partial charge in [0.15, 0.2) is 11.6 Å². The molecule has 31 heavy (non-hydrogen) atoms. The topological polar surface area (TPSA) is 81.5 Å². The van der Waals surface area contributed by atoms with Crippen molar-refractivity contribution in [2.75, 3.05) is 19.8 Å². The molecule has 0 radical (unpaired) electrons. The summed E-state index contributed by atoms with van der Waals surface area (Å²) in [6.07, 6.45) is 14.4. The van der Waals surface area contributed by atoms with E-state index in [2.05, 4.69) is 29.0 Å². The molecular weight excluding hydrogens is 392 g/mol. The van der Waals surface area contributed by atoms with Crippen molar-refractivity contribution in [3.63, 3.8) is 0 Å². The predicted molar refractivity (Wildman–Crippen MR) is 122 cm³/mol. The van der Waals surface area contributed by atoms with Crippen LogP contribution in [0.4, 0.5) is 0 Å². The number of allylic oxidation sites excluding steroid dienone is 1. The zero-order valence-corrected chi connectivity index (χ0v) is 18.5. The summed E-state index contributed by atoms with van der Waals surface area (Å²) in [7, 11) is 0. The maximum Gasteiger partial charge on any atom is 0.327 e. The predicted octanol–water partition coefficient (Wildman–Crippen LogP) is 5.47. The molecule has 168 valence electrons. The monoisotopic (exact) mass is 426 g/mol. The van der Waals surface area contributed by atoms with Crippen LogP contribution < -0.4 is 4.74 Å². The van der Waals surface area contributed by atoms with Crippen LogP contribution in [-0.2, 0) is 16.0 Å². The highest BCUT2D eigenvalue weighted by Gasteiger charge is 2.03. The van der Waals surface area contributed by atoms with Crippen molar-refractivity contribution in [3.8, 4) is 17.1 Å². The van der Waals surface area contributed by atoms with Crippen molar-refractivity contribution in [2.24, 2.45) is 0 Å². The fraction of sp³-hybridized carbons (Fsp3) is 0.480. The highest BCUT2D eigenvalue weighted by atomic mass is 16.5. The van der Waals surface area contributed by atoms with E-state index in [1.165, 1.54) is 24.5 Å². The van der Waals surface area contributed by atoms with Crippen LogP contribution in [0, 0.1) is 0 Å².